The van der Waals surface area contributed by atoms with Crippen molar-refractivity contribution in [2.24, 2.45) is 0 Å². The molecule has 0 saturated carbocycles. The molecule has 0 aliphatic carbocycles. The maximum absolute atomic E-state index is 12.4. The second-order valence-corrected chi connectivity index (χ2v) is 6.76. The molecule has 0 bridgehead atoms. The van der Waals surface area contributed by atoms with Gasteiger partial charge >= 0.3 is 12.1 Å². The lowest BCUT2D eigenvalue weighted by molar-refractivity contribution is -0.160. The Labute approximate surface area is 144 Å². The van der Waals surface area contributed by atoms with Gasteiger partial charge < -0.3 is 15.2 Å². The number of halogens is 3. The lowest BCUT2D eigenvalue weighted by Gasteiger charge is -2.22. The highest BCUT2D eigenvalue weighted by atomic mass is 19.4. The van der Waals surface area contributed by atoms with Crippen molar-refractivity contribution in [2.45, 2.75) is 57.9 Å². The summed E-state index contributed by atoms with van der Waals surface area (Å²) >= 11 is 0. The molecule has 140 valence electrons. The van der Waals surface area contributed by atoms with Crippen LogP contribution in [-0.4, -0.2) is 35.3 Å². The van der Waals surface area contributed by atoms with Crippen molar-refractivity contribution in [3.05, 3.63) is 29.8 Å². The number of hydrogen-bond acceptors (Lipinski definition) is 3. The van der Waals surface area contributed by atoms with Gasteiger partial charge in [0.1, 0.15) is 11.8 Å². The lowest BCUT2D eigenvalue weighted by Crippen LogP contribution is -2.48. The Balaban J connectivity index is 2.78. The fraction of sp³-hybridized carbons (Fsp3) is 0.529. The molecule has 0 fully saturated rings. The Bertz CT molecular complexity index is 623. The molecule has 0 radical (unpaired) electrons. The molecule has 2 atom stereocenters. The highest BCUT2D eigenvalue weighted by molar-refractivity contribution is 5.86. The maximum atomic E-state index is 12.4. The molecule has 0 spiro atoms. The molecular formula is C17H22F3NO4. The Kier molecular flexibility index (Phi) is 6.45. The van der Waals surface area contributed by atoms with Crippen LogP contribution in [0.4, 0.5) is 13.2 Å². The summed E-state index contributed by atoms with van der Waals surface area (Å²) in [6, 6.07) is 4.92. The Hall–Kier alpha value is -2.25. The minimum absolute atomic E-state index is 0.147. The molecule has 2 unspecified atom stereocenters. The van der Waals surface area contributed by atoms with E-state index in [1.807, 2.05) is 32.2 Å². The first-order valence-electron chi connectivity index (χ1n) is 7.67. The van der Waals surface area contributed by atoms with Gasteiger partial charge in [-0.05, 0) is 30.0 Å². The fourth-order valence-electron chi connectivity index (χ4n) is 2.01. The van der Waals surface area contributed by atoms with E-state index in [0.717, 1.165) is 5.56 Å². The number of hydrogen-bond donors (Lipinski definition) is 2. The number of carboxylic acid groups (broad SMARTS) is 1. The molecule has 0 saturated heterocycles. The smallest absolute Gasteiger partial charge is 0.391 e. The van der Waals surface area contributed by atoms with E-state index in [4.69, 9.17) is 9.84 Å². The number of carbonyl (C=O) groups excluding carboxylic acids is 1. The summed E-state index contributed by atoms with van der Waals surface area (Å²) in [7, 11) is 0. The van der Waals surface area contributed by atoms with Crippen LogP contribution in [0.15, 0.2) is 24.3 Å². The number of benzene rings is 1. The molecule has 0 aromatic heterocycles. The SMILES string of the molecule is CC(Oc1cccc(C(C)(C)C)c1)C(=O)NC(CC(F)(F)F)C(=O)O. The van der Waals surface area contributed by atoms with E-state index >= 15 is 0 Å². The molecule has 1 amide bonds. The van der Waals surface area contributed by atoms with Crippen LogP contribution >= 0.6 is 0 Å². The van der Waals surface area contributed by atoms with Crippen LogP contribution in [0.1, 0.15) is 39.7 Å². The number of ether oxygens (including phenoxy) is 1. The first-order chi connectivity index (χ1) is 11.3. The molecule has 2 N–H and O–H groups in total. The number of aliphatic carboxylic acids is 1. The maximum Gasteiger partial charge on any atom is 0.391 e. The van der Waals surface area contributed by atoms with Crippen LogP contribution in [0.3, 0.4) is 0 Å². The number of rotatable bonds is 6. The summed E-state index contributed by atoms with van der Waals surface area (Å²) in [6.07, 6.45) is -7.51. The molecule has 0 heterocycles. The summed E-state index contributed by atoms with van der Waals surface area (Å²) in [6.45, 7) is 7.33. The predicted molar refractivity (Wildman–Crippen MR) is 85.5 cm³/mol. The highest BCUT2D eigenvalue weighted by Crippen LogP contribution is 2.26. The Morgan fingerprint density at radius 3 is 2.32 bits per heavy atom. The summed E-state index contributed by atoms with van der Waals surface area (Å²) in [4.78, 5) is 22.9. The molecule has 1 aromatic rings. The summed E-state index contributed by atoms with van der Waals surface area (Å²) in [5, 5.41) is 10.7. The van der Waals surface area contributed by atoms with Gasteiger partial charge in [-0.25, -0.2) is 4.79 Å². The summed E-state index contributed by atoms with van der Waals surface area (Å²) in [5.74, 6) is -2.32. The van der Waals surface area contributed by atoms with E-state index in [1.165, 1.54) is 6.92 Å². The van der Waals surface area contributed by atoms with Crippen LogP contribution in [0.2, 0.25) is 0 Å². The zero-order valence-corrected chi connectivity index (χ0v) is 14.5. The third kappa shape index (κ3) is 7.03. The summed E-state index contributed by atoms with van der Waals surface area (Å²) < 4.78 is 42.6. The van der Waals surface area contributed by atoms with E-state index in [2.05, 4.69) is 0 Å². The van der Waals surface area contributed by atoms with Gasteiger partial charge in [-0.2, -0.15) is 13.2 Å². The van der Waals surface area contributed by atoms with Crippen LogP contribution in [0, 0.1) is 0 Å². The third-order valence-electron chi connectivity index (χ3n) is 3.43. The number of amides is 1. The average Bonchev–Trinajstić information content (AvgIpc) is 2.44. The normalized spacial score (nSPS) is 14.5. The minimum Gasteiger partial charge on any atom is -0.481 e. The third-order valence-corrected chi connectivity index (χ3v) is 3.43. The van der Waals surface area contributed by atoms with Gasteiger partial charge in [-0.1, -0.05) is 32.9 Å². The van der Waals surface area contributed by atoms with Crippen LogP contribution in [0.5, 0.6) is 5.75 Å². The molecule has 1 aromatic carbocycles. The number of nitrogens with one attached hydrogen (secondary N) is 1. The van der Waals surface area contributed by atoms with E-state index in [9.17, 15) is 22.8 Å². The molecule has 25 heavy (non-hydrogen) atoms. The van der Waals surface area contributed by atoms with Gasteiger partial charge in [-0.15, -0.1) is 0 Å². The van der Waals surface area contributed by atoms with Gasteiger partial charge in [0, 0.05) is 0 Å². The predicted octanol–water partition coefficient (Wildman–Crippen LogP) is 3.27. The monoisotopic (exact) mass is 361 g/mol. The minimum atomic E-state index is -4.71. The van der Waals surface area contributed by atoms with Gasteiger partial charge in [-0.3, -0.25) is 4.79 Å². The van der Waals surface area contributed by atoms with Gasteiger partial charge in [0.15, 0.2) is 6.10 Å². The molecule has 8 heteroatoms. The van der Waals surface area contributed by atoms with Crippen molar-refractivity contribution in [3.63, 3.8) is 0 Å². The van der Waals surface area contributed by atoms with Crippen LogP contribution < -0.4 is 10.1 Å². The van der Waals surface area contributed by atoms with Gasteiger partial charge in [0.2, 0.25) is 0 Å². The van der Waals surface area contributed by atoms with E-state index in [0.29, 0.717) is 5.75 Å². The standard InChI is InChI=1S/C17H22F3NO4/c1-10(14(22)21-13(15(23)24)9-17(18,19)20)25-12-7-5-6-11(8-12)16(2,3)4/h5-8,10,13H,9H2,1-4H3,(H,21,22)(H,23,24). The Morgan fingerprint density at radius 1 is 1.24 bits per heavy atom. The van der Waals surface area contributed by atoms with Crippen molar-refractivity contribution >= 4 is 11.9 Å². The molecular weight excluding hydrogens is 339 g/mol. The molecule has 5 nitrogen and oxygen atoms in total. The first-order valence-corrected chi connectivity index (χ1v) is 7.67. The van der Waals surface area contributed by atoms with E-state index < -0.39 is 36.6 Å². The van der Waals surface area contributed by atoms with Crippen molar-refractivity contribution in [2.75, 3.05) is 0 Å². The fourth-order valence-corrected chi connectivity index (χ4v) is 2.01. The van der Waals surface area contributed by atoms with Crippen molar-refractivity contribution in [3.8, 4) is 5.75 Å². The lowest BCUT2D eigenvalue weighted by atomic mass is 9.87. The van der Waals surface area contributed by atoms with Crippen LogP contribution in [-0.2, 0) is 15.0 Å². The van der Waals surface area contributed by atoms with Crippen molar-refractivity contribution < 1.29 is 32.6 Å². The van der Waals surface area contributed by atoms with Crippen molar-refractivity contribution in [1.29, 1.82) is 0 Å². The first kappa shape index (κ1) is 20.8. The molecule has 1 rings (SSSR count). The summed E-state index contributed by atoms with van der Waals surface area (Å²) in [5.41, 5.74) is 0.810. The highest BCUT2D eigenvalue weighted by Gasteiger charge is 2.37. The second-order valence-electron chi connectivity index (χ2n) is 6.76. The van der Waals surface area contributed by atoms with Crippen LogP contribution in [0.25, 0.3) is 0 Å². The number of carboxylic acids is 1. The van der Waals surface area contributed by atoms with E-state index in [-0.39, 0.29) is 5.41 Å². The number of alkyl halides is 3. The van der Waals surface area contributed by atoms with Crippen molar-refractivity contribution in [1.82, 2.24) is 5.32 Å². The largest absolute Gasteiger partial charge is 0.481 e. The van der Waals surface area contributed by atoms with Gasteiger partial charge in [0.05, 0.1) is 6.42 Å². The molecule has 0 aliphatic heterocycles. The van der Waals surface area contributed by atoms with E-state index in [1.54, 1.807) is 18.2 Å². The zero-order valence-electron chi connectivity index (χ0n) is 14.5. The average molecular weight is 361 g/mol. The quantitative estimate of drug-likeness (QED) is 0.815. The topological polar surface area (TPSA) is 75.6 Å². The Morgan fingerprint density at radius 2 is 1.84 bits per heavy atom. The van der Waals surface area contributed by atoms with Gasteiger partial charge in [0.25, 0.3) is 5.91 Å². The second kappa shape index (κ2) is 7.76. The molecule has 0 aliphatic rings. The zero-order chi connectivity index (χ0) is 19.4. The number of carbonyl (C=O) groups is 2.